The molecule has 0 atom stereocenters. The topological polar surface area (TPSA) is 43.4 Å². The van der Waals surface area contributed by atoms with Crippen LogP contribution in [0, 0.1) is 0 Å². The van der Waals surface area contributed by atoms with Gasteiger partial charge in [0.2, 0.25) is 0 Å². The Labute approximate surface area is 88.4 Å². The number of ether oxygens (including phenoxy) is 1. The molecule has 0 spiro atoms. The summed E-state index contributed by atoms with van der Waals surface area (Å²) < 4.78 is 4.19. The van der Waals surface area contributed by atoms with E-state index in [0.29, 0.717) is 12.0 Å². The fourth-order valence-electron chi connectivity index (χ4n) is 1.02. The van der Waals surface area contributed by atoms with Crippen molar-refractivity contribution in [1.29, 1.82) is 0 Å². The van der Waals surface area contributed by atoms with Gasteiger partial charge in [-0.2, -0.15) is 0 Å². The lowest BCUT2D eigenvalue weighted by Gasteiger charge is -1.87. The summed E-state index contributed by atoms with van der Waals surface area (Å²) in [6, 6.07) is 12.0. The van der Waals surface area contributed by atoms with Crippen molar-refractivity contribution in [1.82, 2.24) is 0 Å². The maximum atomic E-state index is 10.5. The molecule has 0 unspecified atom stereocenters. The Kier molecular flexibility index (Phi) is 4.29. The quantitative estimate of drug-likeness (QED) is 0.519. The van der Waals surface area contributed by atoms with Crippen LogP contribution in [0.5, 0.6) is 0 Å². The lowest BCUT2D eigenvalue weighted by Crippen LogP contribution is -2.00. The Morgan fingerprint density at radius 2 is 1.47 bits per heavy atom. The minimum absolute atomic E-state index is 0.458. The lowest BCUT2D eigenvalue weighted by atomic mass is 10.2. The third-order valence-electron chi connectivity index (χ3n) is 1.80. The second-order valence-electron chi connectivity index (χ2n) is 2.89. The molecular weight excluding hydrogens is 192 g/mol. The van der Waals surface area contributed by atoms with E-state index in [1.807, 2.05) is 36.4 Å². The van der Waals surface area contributed by atoms with Crippen LogP contribution < -0.4 is 0 Å². The number of rotatable bonds is 1. The summed E-state index contributed by atoms with van der Waals surface area (Å²) in [6.07, 6.45) is 1.78. The number of esters is 2. The minimum Gasteiger partial charge on any atom is -0.386 e. The van der Waals surface area contributed by atoms with E-state index >= 15 is 0 Å². The molecule has 1 aliphatic heterocycles. The van der Waals surface area contributed by atoms with E-state index in [2.05, 4.69) is 4.74 Å². The molecule has 1 heterocycles. The first-order valence-corrected chi connectivity index (χ1v) is 4.70. The maximum absolute atomic E-state index is 10.5. The Morgan fingerprint density at radius 3 is 1.67 bits per heavy atom. The number of carbonyl (C=O) groups excluding carboxylic acids is 2. The predicted molar refractivity (Wildman–Crippen MR) is 55.9 cm³/mol. The van der Waals surface area contributed by atoms with Crippen molar-refractivity contribution in [3.8, 4) is 0 Å². The molecule has 2 rings (SSSR count). The number of benzene rings is 1. The fraction of sp³-hybridized carbons (Fsp3) is 0.167. The van der Waals surface area contributed by atoms with E-state index in [0.717, 1.165) is 0 Å². The summed E-state index contributed by atoms with van der Waals surface area (Å²) >= 11 is 0. The molecule has 0 saturated heterocycles. The highest BCUT2D eigenvalue weighted by Gasteiger charge is 2.21. The van der Waals surface area contributed by atoms with Crippen LogP contribution in [0.4, 0.5) is 0 Å². The number of cyclic esters (lactones) is 2. The van der Waals surface area contributed by atoms with Gasteiger partial charge in [0.1, 0.15) is 0 Å². The van der Waals surface area contributed by atoms with Crippen LogP contribution in [0.1, 0.15) is 13.3 Å². The normalized spacial score (nSPS) is 13.8. The number of hydrogen-bond donors (Lipinski definition) is 0. The molecule has 0 N–H and O–H groups in total. The standard InChI is InChI=1S/C6H6O3.C6H6/c1-2-4-3-5(7)9-6(4)8;1-2-4-6-5-3-1/h3H,2H2,1H3;1-6H. The average molecular weight is 204 g/mol. The Balaban J connectivity index is 0.000000162. The first-order chi connectivity index (χ1) is 7.24. The molecule has 0 aromatic heterocycles. The van der Waals surface area contributed by atoms with Gasteiger partial charge in [-0.15, -0.1) is 0 Å². The largest absolute Gasteiger partial charge is 0.386 e. The molecular formula is C12H12O3. The SMILES string of the molecule is CCC1=CC(=O)OC1=O.c1ccccc1. The van der Waals surface area contributed by atoms with Gasteiger partial charge in [0.25, 0.3) is 0 Å². The van der Waals surface area contributed by atoms with Crippen LogP contribution >= 0.6 is 0 Å². The molecule has 1 aliphatic rings. The zero-order valence-electron chi connectivity index (χ0n) is 8.47. The van der Waals surface area contributed by atoms with Gasteiger partial charge < -0.3 is 4.74 Å². The van der Waals surface area contributed by atoms with Crippen LogP contribution in [0.25, 0.3) is 0 Å². The molecule has 0 saturated carbocycles. The van der Waals surface area contributed by atoms with Gasteiger partial charge >= 0.3 is 11.9 Å². The number of carbonyl (C=O) groups is 2. The highest BCUT2D eigenvalue weighted by atomic mass is 16.6. The zero-order chi connectivity index (χ0) is 11.1. The second-order valence-corrected chi connectivity index (χ2v) is 2.89. The van der Waals surface area contributed by atoms with E-state index in [-0.39, 0.29) is 0 Å². The van der Waals surface area contributed by atoms with Crippen LogP contribution in [-0.2, 0) is 14.3 Å². The van der Waals surface area contributed by atoms with Crippen LogP contribution in [0.15, 0.2) is 48.0 Å². The van der Waals surface area contributed by atoms with Gasteiger partial charge in [0.05, 0.1) is 0 Å². The van der Waals surface area contributed by atoms with E-state index in [1.54, 1.807) is 6.92 Å². The molecule has 1 aromatic rings. The molecule has 0 amide bonds. The lowest BCUT2D eigenvalue weighted by molar-refractivity contribution is -0.150. The van der Waals surface area contributed by atoms with Gasteiger partial charge in [-0.05, 0) is 6.42 Å². The van der Waals surface area contributed by atoms with Gasteiger partial charge in [0, 0.05) is 11.6 Å². The van der Waals surface area contributed by atoms with Crippen LogP contribution in [-0.4, -0.2) is 11.9 Å². The van der Waals surface area contributed by atoms with Crippen molar-refractivity contribution >= 4 is 11.9 Å². The highest BCUT2D eigenvalue weighted by Crippen LogP contribution is 2.10. The monoisotopic (exact) mass is 204 g/mol. The van der Waals surface area contributed by atoms with Crippen molar-refractivity contribution in [3.05, 3.63) is 48.0 Å². The first kappa shape index (κ1) is 11.2. The molecule has 15 heavy (non-hydrogen) atoms. The average Bonchev–Trinajstić information content (AvgIpc) is 2.60. The molecule has 0 fully saturated rings. The van der Waals surface area contributed by atoms with Crippen molar-refractivity contribution in [3.63, 3.8) is 0 Å². The molecule has 0 bridgehead atoms. The highest BCUT2D eigenvalue weighted by molar-refractivity contribution is 6.08. The van der Waals surface area contributed by atoms with Crippen molar-refractivity contribution in [2.24, 2.45) is 0 Å². The second kappa shape index (κ2) is 5.75. The van der Waals surface area contributed by atoms with Gasteiger partial charge in [-0.3, -0.25) is 0 Å². The molecule has 1 aromatic carbocycles. The van der Waals surface area contributed by atoms with E-state index in [1.165, 1.54) is 6.08 Å². The first-order valence-electron chi connectivity index (χ1n) is 4.70. The van der Waals surface area contributed by atoms with Crippen molar-refractivity contribution in [2.75, 3.05) is 0 Å². The Morgan fingerprint density at radius 1 is 1.00 bits per heavy atom. The maximum Gasteiger partial charge on any atom is 0.342 e. The third kappa shape index (κ3) is 3.77. The van der Waals surface area contributed by atoms with E-state index < -0.39 is 11.9 Å². The molecule has 78 valence electrons. The summed E-state index contributed by atoms with van der Waals surface area (Å²) in [7, 11) is 0. The van der Waals surface area contributed by atoms with Gasteiger partial charge in [0.15, 0.2) is 0 Å². The summed E-state index contributed by atoms with van der Waals surface area (Å²) in [5, 5.41) is 0. The third-order valence-corrected chi connectivity index (χ3v) is 1.80. The summed E-state index contributed by atoms with van der Waals surface area (Å²) in [5.41, 5.74) is 0.458. The van der Waals surface area contributed by atoms with Crippen molar-refractivity contribution in [2.45, 2.75) is 13.3 Å². The zero-order valence-corrected chi connectivity index (χ0v) is 8.47. The Hall–Kier alpha value is -1.90. The van der Waals surface area contributed by atoms with Gasteiger partial charge in [-0.25, -0.2) is 9.59 Å². The van der Waals surface area contributed by atoms with E-state index in [4.69, 9.17) is 0 Å². The molecule has 0 radical (unpaired) electrons. The molecule has 3 heteroatoms. The summed E-state index contributed by atoms with van der Waals surface area (Å²) in [5.74, 6) is -1.04. The number of hydrogen-bond acceptors (Lipinski definition) is 3. The van der Waals surface area contributed by atoms with Crippen LogP contribution in [0.3, 0.4) is 0 Å². The fourth-order valence-corrected chi connectivity index (χ4v) is 1.02. The minimum atomic E-state index is -0.545. The van der Waals surface area contributed by atoms with Crippen LogP contribution in [0.2, 0.25) is 0 Å². The van der Waals surface area contributed by atoms with Crippen molar-refractivity contribution < 1.29 is 14.3 Å². The predicted octanol–water partition coefficient (Wildman–Crippen LogP) is 2.09. The Bertz CT molecular complexity index is 339. The van der Waals surface area contributed by atoms with Gasteiger partial charge in [-0.1, -0.05) is 43.3 Å². The van der Waals surface area contributed by atoms with E-state index in [9.17, 15) is 9.59 Å². The summed E-state index contributed by atoms with van der Waals surface area (Å²) in [6.45, 7) is 1.80. The molecule has 0 aliphatic carbocycles. The summed E-state index contributed by atoms with van der Waals surface area (Å²) in [4.78, 5) is 20.8. The smallest absolute Gasteiger partial charge is 0.342 e. The molecule has 3 nitrogen and oxygen atoms in total.